The number of aryl methyl sites for hydroxylation is 1. The summed E-state index contributed by atoms with van der Waals surface area (Å²) in [5.41, 5.74) is 2.22. The van der Waals surface area contributed by atoms with E-state index in [0.29, 0.717) is 36.0 Å². The van der Waals surface area contributed by atoms with Gasteiger partial charge < -0.3 is 24.3 Å². The number of hydrogen-bond acceptors (Lipinski definition) is 7. The van der Waals surface area contributed by atoms with Crippen LogP contribution in [0.2, 0.25) is 0 Å². The van der Waals surface area contributed by atoms with Gasteiger partial charge >= 0.3 is 11.9 Å². The number of rotatable bonds is 6. The molecule has 2 aromatic rings. The van der Waals surface area contributed by atoms with E-state index in [1.807, 2.05) is 0 Å². The maximum atomic E-state index is 12.1. The molecule has 30 heavy (non-hydrogen) atoms. The monoisotopic (exact) mass is 411 g/mol. The maximum Gasteiger partial charge on any atom is 0.337 e. The quantitative estimate of drug-likeness (QED) is 0.576. The molecule has 156 valence electrons. The molecule has 2 aromatic carbocycles. The third kappa shape index (κ3) is 5.38. The minimum absolute atomic E-state index is 0.303. The molecule has 0 aliphatic carbocycles. The Hall–Kier alpha value is -3.81. The Balaban J connectivity index is 1.53. The van der Waals surface area contributed by atoms with Crippen molar-refractivity contribution in [2.24, 2.45) is 0 Å². The Morgan fingerprint density at radius 2 is 1.83 bits per heavy atom. The van der Waals surface area contributed by atoms with Gasteiger partial charge in [-0.15, -0.1) is 0 Å². The first kappa shape index (κ1) is 20.9. The Morgan fingerprint density at radius 1 is 1.07 bits per heavy atom. The summed E-state index contributed by atoms with van der Waals surface area (Å²) in [7, 11) is 1.28. The van der Waals surface area contributed by atoms with E-state index in [-0.39, 0.29) is 0 Å². The van der Waals surface area contributed by atoms with E-state index < -0.39 is 24.5 Å². The normalized spacial score (nSPS) is 12.3. The van der Waals surface area contributed by atoms with E-state index in [2.05, 4.69) is 10.1 Å². The lowest BCUT2D eigenvalue weighted by Gasteiger charge is -2.18. The molecule has 0 saturated carbocycles. The molecular formula is C22H21NO7. The first-order valence-corrected chi connectivity index (χ1v) is 9.19. The molecule has 8 heteroatoms. The van der Waals surface area contributed by atoms with Crippen LogP contribution in [0.4, 0.5) is 5.69 Å². The van der Waals surface area contributed by atoms with Gasteiger partial charge in [0.25, 0.3) is 5.91 Å². The lowest BCUT2D eigenvalue weighted by molar-refractivity contribution is -0.142. The predicted molar refractivity (Wildman–Crippen MR) is 109 cm³/mol. The van der Waals surface area contributed by atoms with Crippen LogP contribution in [0.25, 0.3) is 6.08 Å². The summed E-state index contributed by atoms with van der Waals surface area (Å²) in [4.78, 5) is 35.6. The first-order valence-electron chi connectivity index (χ1n) is 9.19. The van der Waals surface area contributed by atoms with Gasteiger partial charge in [0.1, 0.15) is 13.2 Å². The number of amides is 1. The SMILES string of the molecule is COC(=O)c1ccc(C)c(NC(=O)COC(=O)/C=C/c2ccc3c(c2)OCCO3)c1. The topological polar surface area (TPSA) is 100 Å². The van der Waals surface area contributed by atoms with Crippen LogP contribution in [0, 0.1) is 6.92 Å². The lowest BCUT2D eigenvalue weighted by atomic mass is 10.1. The summed E-state index contributed by atoms with van der Waals surface area (Å²) in [6.07, 6.45) is 2.78. The zero-order valence-electron chi connectivity index (χ0n) is 16.6. The molecule has 0 aromatic heterocycles. The smallest absolute Gasteiger partial charge is 0.337 e. The molecule has 1 N–H and O–H groups in total. The van der Waals surface area contributed by atoms with Gasteiger partial charge in [-0.2, -0.15) is 0 Å². The van der Waals surface area contributed by atoms with Crippen LogP contribution in [0.1, 0.15) is 21.5 Å². The van der Waals surface area contributed by atoms with Crippen LogP contribution < -0.4 is 14.8 Å². The van der Waals surface area contributed by atoms with Crippen molar-refractivity contribution in [3.05, 3.63) is 59.2 Å². The third-order valence-corrected chi connectivity index (χ3v) is 4.26. The highest BCUT2D eigenvalue weighted by molar-refractivity contribution is 5.97. The summed E-state index contributed by atoms with van der Waals surface area (Å²) >= 11 is 0. The summed E-state index contributed by atoms with van der Waals surface area (Å²) in [6, 6.07) is 10.1. The second kappa shape index (κ2) is 9.60. The summed E-state index contributed by atoms with van der Waals surface area (Å²) < 4.78 is 20.6. The van der Waals surface area contributed by atoms with Crippen LogP contribution in [0.5, 0.6) is 11.5 Å². The van der Waals surface area contributed by atoms with Gasteiger partial charge in [0.2, 0.25) is 0 Å². The minimum Gasteiger partial charge on any atom is -0.486 e. The van der Waals surface area contributed by atoms with Gasteiger partial charge in [-0.25, -0.2) is 9.59 Å². The van der Waals surface area contributed by atoms with E-state index in [9.17, 15) is 14.4 Å². The summed E-state index contributed by atoms with van der Waals surface area (Å²) in [5.74, 6) is -0.438. The molecule has 1 aliphatic rings. The number of esters is 2. The van der Waals surface area contributed by atoms with Gasteiger partial charge in [-0.3, -0.25) is 4.79 Å². The van der Waals surface area contributed by atoms with Gasteiger partial charge in [-0.05, 0) is 48.4 Å². The van der Waals surface area contributed by atoms with Crippen molar-refractivity contribution in [2.75, 3.05) is 32.2 Å². The van der Waals surface area contributed by atoms with Crippen molar-refractivity contribution in [3.8, 4) is 11.5 Å². The number of carbonyl (C=O) groups is 3. The van der Waals surface area contributed by atoms with Crippen LogP contribution in [0.3, 0.4) is 0 Å². The first-order chi connectivity index (χ1) is 14.5. The molecule has 0 radical (unpaired) electrons. The van der Waals surface area contributed by atoms with E-state index in [4.69, 9.17) is 14.2 Å². The number of ether oxygens (including phenoxy) is 4. The zero-order chi connectivity index (χ0) is 21.5. The fourth-order valence-corrected chi connectivity index (χ4v) is 2.70. The molecule has 3 rings (SSSR count). The molecule has 1 aliphatic heterocycles. The van der Waals surface area contributed by atoms with Crippen molar-refractivity contribution in [1.29, 1.82) is 0 Å². The van der Waals surface area contributed by atoms with Crippen LogP contribution in [0.15, 0.2) is 42.5 Å². The lowest BCUT2D eigenvalue weighted by Crippen LogP contribution is -2.21. The fraction of sp³-hybridized carbons (Fsp3) is 0.227. The van der Waals surface area contributed by atoms with Crippen molar-refractivity contribution in [3.63, 3.8) is 0 Å². The number of hydrogen-bond donors (Lipinski definition) is 1. The average molecular weight is 411 g/mol. The molecule has 0 atom stereocenters. The zero-order valence-corrected chi connectivity index (χ0v) is 16.6. The number of nitrogens with one attached hydrogen (secondary N) is 1. The van der Waals surface area contributed by atoms with E-state index in [1.165, 1.54) is 19.3 Å². The molecule has 0 spiro atoms. The number of benzene rings is 2. The maximum absolute atomic E-state index is 12.1. The summed E-state index contributed by atoms with van der Waals surface area (Å²) in [6.45, 7) is 2.29. The number of anilines is 1. The van der Waals surface area contributed by atoms with Gasteiger partial charge in [0, 0.05) is 11.8 Å². The van der Waals surface area contributed by atoms with Gasteiger partial charge in [0.05, 0.1) is 12.7 Å². The second-order valence-electron chi connectivity index (χ2n) is 6.41. The fourth-order valence-electron chi connectivity index (χ4n) is 2.70. The van der Waals surface area contributed by atoms with Crippen LogP contribution >= 0.6 is 0 Å². The Morgan fingerprint density at radius 3 is 2.60 bits per heavy atom. The number of methoxy groups -OCH3 is 1. The Kier molecular flexibility index (Phi) is 6.69. The predicted octanol–water partition coefficient (Wildman–Crippen LogP) is 2.75. The van der Waals surface area contributed by atoms with Gasteiger partial charge in [-0.1, -0.05) is 12.1 Å². The highest BCUT2D eigenvalue weighted by Crippen LogP contribution is 2.31. The molecule has 1 heterocycles. The molecule has 0 saturated heterocycles. The third-order valence-electron chi connectivity index (χ3n) is 4.26. The van der Waals surface area contributed by atoms with Crippen molar-refractivity contribution in [1.82, 2.24) is 0 Å². The summed E-state index contributed by atoms with van der Waals surface area (Å²) in [5, 5.41) is 2.61. The van der Waals surface area contributed by atoms with Crippen molar-refractivity contribution < 1.29 is 33.3 Å². The average Bonchev–Trinajstić information content (AvgIpc) is 2.77. The minimum atomic E-state index is -0.667. The molecule has 8 nitrogen and oxygen atoms in total. The van der Waals surface area contributed by atoms with Gasteiger partial charge in [0.15, 0.2) is 18.1 Å². The Bertz CT molecular complexity index is 997. The standard InChI is InChI=1S/C22H21NO7/c1-14-3-6-16(22(26)27-2)12-17(14)23-20(24)13-30-21(25)8-5-15-4-7-18-19(11-15)29-10-9-28-18/h3-8,11-12H,9-10,13H2,1-2H3,(H,23,24)/b8-5+. The molecule has 0 fully saturated rings. The van der Waals surface area contributed by atoms with Crippen LogP contribution in [-0.4, -0.2) is 44.8 Å². The van der Waals surface area contributed by atoms with E-state index >= 15 is 0 Å². The molecule has 0 unspecified atom stereocenters. The molecule has 1 amide bonds. The van der Waals surface area contributed by atoms with E-state index in [0.717, 1.165) is 11.1 Å². The van der Waals surface area contributed by atoms with Crippen molar-refractivity contribution in [2.45, 2.75) is 6.92 Å². The number of carbonyl (C=O) groups excluding carboxylic acids is 3. The van der Waals surface area contributed by atoms with Crippen molar-refractivity contribution >= 4 is 29.6 Å². The Labute approximate surface area is 173 Å². The second-order valence-corrected chi connectivity index (χ2v) is 6.41. The highest BCUT2D eigenvalue weighted by Gasteiger charge is 2.13. The molecule has 0 bridgehead atoms. The largest absolute Gasteiger partial charge is 0.486 e. The van der Waals surface area contributed by atoms with Crippen LogP contribution in [-0.2, 0) is 19.1 Å². The van der Waals surface area contributed by atoms with E-state index in [1.54, 1.807) is 43.3 Å². The number of fused-ring (bicyclic) bond motifs is 1. The molecular weight excluding hydrogens is 390 g/mol. The highest BCUT2D eigenvalue weighted by atomic mass is 16.6.